The number of carbonyl (C=O) groups excluding carboxylic acids is 1. The van der Waals surface area contributed by atoms with Crippen LogP contribution in [-0.4, -0.2) is 32.0 Å². The van der Waals surface area contributed by atoms with Crippen molar-refractivity contribution in [3.63, 3.8) is 0 Å². The molecular weight excluding hydrogens is 488 g/mol. The highest BCUT2D eigenvalue weighted by Gasteiger charge is 2.29. The molecule has 0 bridgehead atoms. The topological polar surface area (TPSA) is 85.2 Å². The Morgan fingerprint density at radius 1 is 1.10 bits per heavy atom. The minimum atomic E-state index is -0.0727. The lowest BCUT2D eigenvalue weighted by atomic mass is 9.94. The first kappa shape index (κ1) is 23.2. The lowest BCUT2D eigenvalue weighted by Gasteiger charge is -2.16. The number of hydrogen-bond acceptors (Lipinski definition) is 6. The van der Waals surface area contributed by atoms with Gasteiger partial charge in [0.15, 0.2) is 0 Å². The third kappa shape index (κ3) is 3.67. The van der Waals surface area contributed by atoms with Gasteiger partial charge in [-0.05, 0) is 72.0 Å². The summed E-state index contributed by atoms with van der Waals surface area (Å²) in [5.74, 6) is 2.02. The average Bonchev–Trinajstić information content (AvgIpc) is 3.45. The molecule has 3 aromatic heterocycles. The molecule has 0 radical (unpaired) electrons. The molecule has 5 heterocycles. The standard InChI is InChI=1S/C31H26N6O2/c1-4-26(38)37-13-12-19-14-20(8-11-24(19)37)29-27-23-10-9-22(39-25-7-5-6-18(2)35-25)15-21(23)16-32-30-28(27)31(36(29)3)34-17-33-30/h4-11,14-15,17H,1,12-13,16H2,2-3H3,(H,32,33,34). The summed E-state index contributed by atoms with van der Waals surface area (Å²) in [5.41, 5.74) is 9.26. The fraction of sp³-hybridized carbons (Fsp3) is 0.161. The number of hydrogen-bond donors (Lipinski definition) is 1. The predicted molar refractivity (Wildman–Crippen MR) is 152 cm³/mol. The van der Waals surface area contributed by atoms with Crippen molar-refractivity contribution in [3.05, 3.63) is 90.4 Å². The molecule has 7 rings (SSSR count). The number of fused-ring (bicyclic) bond motifs is 3. The first-order chi connectivity index (χ1) is 19.0. The highest BCUT2D eigenvalue weighted by atomic mass is 16.5. The monoisotopic (exact) mass is 514 g/mol. The van der Waals surface area contributed by atoms with Crippen molar-refractivity contribution >= 4 is 28.4 Å². The van der Waals surface area contributed by atoms with E-state index < -0.39 is 0 Å². The Hall–Kier alpha value is -4.98. The molecule has 0 fully saturated rings. The van der Waals surface area contributed by atoms with Gasteiger partial charge in [0, 0.05) is 43.1 Å². The minimum Gasteiger partial charge on any atom is -0.439 e. The van der Waals surface area contributed by atoms with Crippen LogP contribution in [0.2, 0.25) is 0 Å². The van der Waals surface area contributed by atoms with Crippen molar-refractivity contribution in [2.24, 2.45) is 7.05 Å². The van der Waals surface area contributed by atoms with Crippen LogP contribution in [0.25, 0.3) is 33.4 Å². The number of rotatable bonds is 4. The van der Waals surface area contributed by atoms with Gasteiger partial charge in [-0.1, -0.05) is 24.8 Å². The van der Waals surface area contributed by atoms with Gasteiger partial charge in [-0.3, -0.25) is 4.79 Å². The first-order valence-corrected chi connectivity index (χ1v) is 12.9. The quantitative estimate of drug-likeness (QED) is 0.305. The van der Waals surface area contributed by atoms with Gasteiger partial charge in [-0.25, -0.2) is 15.0 Å². The smallest absolute Gasteiger partial charge is 0.250 e. The van der Waals surface area contributed by atoms with E-state index in [2.05, 4.69) is 55.7 Å². The zero-order chi connectivity index (χ0) is 26.7. The SMILES string of the molecule is C=CC(=O)N1CCc2cc(-c3c4c5c(ncnc5n3C)NCc3cc(Oc5cccc(C)n5)ccc3-4)ccc21. The van der Waals surface area contributed by atoms with Crippen LogP contribution >= 0.6 is 0 Å². The lowest BCUT2D eigenvalue weighted by Crippen LogP contribution is -2.26. The Morgan fingerprint density at radius 2 is 2.00 bits per heavy atom. The van der Waals surface area contributed by atoms with Crippen molar-refractivity contribution in [1.29, 1.82) is 0 Å². The first-order valence-electron chi connectivity index (χ1n) is 12.9. The number of benzene rings is 2. The maximum absolute atomic E-state index is 12.4. The summed E-state index contributed by atoms with van der Waals surface area (Å²) in [5, 5.41) is 4.51. The number of anilines is 2. The van der Waals surface area contributed by atoms with Gasteiger partial charge in [0.2, 0.25) is 11.8 Å². The van der Waals surface area contributed by atoms with Crippen molar-refractivity contribution in [3.8, 4) is 34.0 Å². The fourth-order valence-corrected chi connectivity index (χ4v) is 5.77. The summed E-state index contributed by atoms with van der Waals surface area (Å²) in [6.45, 7) is 6.86. The van der Waals surface area contributed by atoms with E-state index >= 15 is 0 Å². The number of nitrogens with zero attached hydrogens (tertiary/aromatic N) is 5. The number of pyridine rings is 1. The number of ether oxygens (including phenoxy) is 1. The highest BCUT2D eigenvalue weighted by molar-refractivity contribution is 6.10. The van der Waals surface area contributed by atoms with E-state index in [4.69, 9.17) is 4.74 Å². The molecule has 0 saturated heterocycles. The maximum atomic E-state index is 12.4. The van der Waals surface area contributed by atoms with Gasteiger partial charge in [-0.15, -0.1) is 0 Å². The largest absolute Gasteiger partial charge is 0.439 e. The molecule has 0 saturated carbocycles. The van der Waals surface area contributed by atoms with Crippen molar-refractivity contribution in [1.82, 2.24) is 19.5 Å². The molecule has 5 aromatic rings. The van der Waals surface area contributed by atoms with Gasteiger partial charge in [-0.2, -0.15) is 0 Å². The van der Waals surface area contributed by atoms with Crippen LogP contribution < -0.4 is 15.0 Å². The van der Waals surface area contributed by atoms with E-state index in [1.807, 2.05) is 44.3 Å². The Balaban J connectivity index is 1.38. The summed E-state index contributed by atoms with van der Waals surface area (Å²) in [4.78, 5) is 27.9. The van der Waals surface area contributed by atoms with Crippen LogP contribution in [0.1, 0.15) is 16.8 Å². The molecule has 2 aliphatic rings. The van der Waals surface area contributed by atoms with Crippen molar-refractivity contribution in [2.75, 3.05) is 16.8 Å². The molecule has 2 aliphatic heterocycles. The number of nitrogens with one attached hydrogen (secondary N) is 1. The number of amides is 1. The van der Waals surface area contributed by atoms with Crippen LogP contribution in [0.3, 0.4) is 0 Å². The second-order valence-electron chi connectivity index (χ2n) is 9.88. The third-order valence-corrected chi connectivity index (χ3v) is 7.53. The number of aromatic nitrogens is 4. The maximum Gasteiger partial charge on any atom is 0.250 e. The molecule has 0 spiro atoms. The molecule has 39 heavy (non-hydrogen) atoms. The van der Waals surface area contributed by atoms with Gasteiger partial charge in [0.1, 0.15) is 23.5 Å². The Kier molecular flexibility index (Phi) is 5.23. The van der Waals surface area contributed by atoms with Crippen LogP contribution in [0.5, 0.6) is 11.6 Å². The van der Waals surface area contributed by atoms with E-state index in [1.165, 1.54) is 6.08 Å². The lowest BCUT2D eigenvalue weighted by molar-refractivity contribution is -0.114. The molecule has 1 N–H and O–H groups in total. The molecule has 8 nitrogen and oxygen atoms in total. The van der Waals surface area contributed by atoms with Gasteiger partial charge in [0.25, 0.3) is 0 Å². The summed E-state index contributed by atoms with van der Waals surface area (Å²) in [7, 11) is 2.04. The molecule has 0 aliphatic carbocycles. The minimum absolute atomic E-state index is 0.0727. The van der Waals surface area contributed by atoms with E-state index in [9.17, 15) is 4.79 Å². The van der Waals surface area contributed by atoms with E-state index in [0.717, 1.165) is 73.9 Å². The number of aryl methyl sites for hydroxylation is 2. The molecule has 192 valence electrons. The predicted octanol–water partition coefficient (Wildman–Crippen LogP) is 5.80. The fourth-order valence-electron chi connectivity index (χ4n) is 5.77. The van der Waals surface area contributed by atoms with E-state index in [-0.39, 0.29) is 5.91 Å². The normalized spacial score (nSPS) is 13.4. The van der Waals surface area contributed by atoms with Gasteiger partial charge < -0.3 is 19.5 Å². The van der Waals surface area contributed by atoms with Crippen molar-refractivity contribution < 1.29 is 9.53 Å². The Morgan fingerprint density at radius 3 is 2.85 bits per heavy atom. The summed E-state index contributed by atoms with van der Waals surface area (Å²) in [6, 6.07) is 18.2. The second kappa shape index (κ2) is 8.80. The Labute approximate surface area is 225 Å². The van der Waals surface area contributed by atoms with Gasteiger partial charge in [0.05, 0.1) is 11.1 Å². The molecule has 2 aromatic carbocycles. The second-order valence-corrected chi connectivity index (χ2v) is 9.88. The molecule has 1 amide bonds. The van der Waals surface area contributed by atoms with E-state index in [1.54, 1.807) is 11.2 Å². The van der Waals surface area contributed by atoms with Crippen LogP contribution in [0.4, 0.5) is 11.5 Å². The highest BCUT2D eigenvalue weighted by Crippen LogP contribution is 2.46. The van der Waals surface area contributed by atoms with Crippen LogP contribution in [0, 0.1) is 6.92 Å². The van der Waals surface area contributed by atoms with Crippen molar-refractivity contribution in [2.45, 2.75) is 19.9 Å². The van der Waals surface area contributed by atoms with E-state index in [0.29, 0.717) is 19.0 Å². The van der Waals surface area contributed by atoms with Gasteiger partial charge >= 0.3 is 0 Å². The number of carbonyl (C=O) groups is 1. The molecule has 0 unspecified atom stereocenters. The summed E-state index contributed by atoms with van der Waals surface area (Å²) >= 11 is 0. The van der Waals surface area contributed by atoms with Crippen LogP contribution in [0.15, 0.2) is 73.6 Å². The zero-order valence-corrected chi connectivity index (χ0v) is 21.7. The third-order valence-electron chi connectivity index (χ3n) is 7.53. The van der Waals surface area contributed by atoms with Crippen LogP contribution in [-0.2, 0) is 24.8 Å². The average molecular weight is 515 g/mol. The molecule has 0 atom stereocenters. The zero-order valence-electron chi connectivity index (χ0n) is 21.7. The summed E-state index contributed by atoms with van der Waals surface area (Å²) < 4.78 is 8.25. The molecule has 8 heteroatoms. The Bertz CT molecular complexity index is 1820. The summed E-state index contributed by atoms with van der Waals surface area (Å²) in [6.07, 6.45) is 3.78. The molecular formula is C31H26N6O2.